The molecule has 0 atom stereocenters. The van der Waals surface area contributed by atoms with Crippen molar-refractivity contribution in [2.24, 2.45) is 14.1 Å². The average molecular weight is 478 g/mol. The summed E-state index contributed by atoms with van der Waals surface area (Å²) in [5.41, 5.74) is 1.09. The lowest BCUT2D eigenvalue weighted by Crippen LogP contribution is -2.38. The van der Waals surface area contributed by atoms with Gasteiger partial charge in [-0.25, -0.2) is 19.2 Å². The molecule has 172 valence electrons. The normalized spacial score (nSPS) is 12.9. The first kappa shape index (κ1) is 22.0. The maximum atomic E-state index is 14.5. The molecule has 2 aromatic carbocycles. The van der Waals surface area contributed by atoms with Crippen LogP contribution in [0, 0.1) is 5.82 Å². The Hall–Kier alpha value is -3.79. The molecule has 0 aliphatic carbocycles. The quantitative estimate of drug-likeness (QED) is 0.332. The van der Waals surface area contributed by atoms with E-state index in [0.29, 0.717) is 6.54 Å². The van der Waals surface area contributed by atoms with E-state index in [2.05, 4.69) is 9.97 Å². The summed E-state index contributed by atoms with van der Waals surface area (Å²) in [6.45, 7) is 0.583. The van der Waals surface area contributed by atoms with Gasteiger partial charge in [-0.1, -0.05) is 42.1 Å². The Bertz CT molecular complexity index is 1580. The summed E-state index contributed by atoms with van der Waals surface area (Å²) in [6.07, 6.45) is 0.781. The molecule has 0 saturated heterocycles. The number of benzene rings is 2. The molecular formula is C24H20FN5O3S. The van der Waals surface area contributed by atoms with Gasteiger partial charge in [0.1, 0.15) is 16.2 Å². The van der Waals surface area contributed by atoms with Crippen LogP contribution in [0.1, 0.15) is 5.56 Å². The number of aromatic nitrogens is 4. The van der Waals surface area contributed by atoms with Gasteiger partial charge in [0, 0.05) is 26.3 Å². The number of nitrogens with zero attached hydrogens (tertiary/aromatic N) is 5. The summed E-state index contributed by atoms with van der Waals surface area (Å²) in [4.78, 5) is 49.1. The van der Waals surface area contributed by atoms with Crippen molar-refractivity contribution in [3.05, 3.63) is 80.7 Å². The fraction of sp³-hybridized carbons (Fsp3) is 0.208. The molecule has 8 nitrogen and oxygen atoms in total. The maximum Gasteiger partial charge on any atom is 0.332 e. The first-order valence-corrected chi connectivity index (χ1v) is 11.6. The van der Waals surface area contributed by atoms with Crippen LogP contribution in [0.25, 0.3) is 22.4 Å². The Morgan fingerprint density at radius 2 is 1.76 bits per heavy atom. The molecule has 0 spiro atoms. The summed E-state index contributed by atoms with van der Waals surface area (Å²) in [6, 6.07) is 13.7. The van der Waals surface area contributed by atoms with E-state index in [9.17, 15) is 18.8 Å². The number of halogens is 1. The number of hydrogen-bond acceptors (Lipinski definition) is 6. The highest BCUT2D eigenvalue weighted by atomic mass is 32.2. The summed E-state index contributed by atoms with van der Waals surface area (Å²) >= 11 is 1.08. The third-order valence-electron chi connectivity index (χ3n) is 5.90. The molecule has 1 aliphatic heterocycles. The van der Waals surface area contributed by atoms with Crippen molar-refractivity contribution in [3.63, 3.8) is 0 Å². The first-order valence-electron chi connectivity index (χ1n) is 10.6. The molecule has 34 heavy (non-hydrogen) atoms. The van der Waals surface area contributed by atoms with E-state index >= 15 is 0 Å². The van der Waals surface area contributed by atoms with E-state index in [0.717, 1.165) is 34.0 Å². The van der Waals surface area contributed by atoms with Crippen LogP contribution < -0.4 is 16.1 Å². The van der Waals surface area contributed by atoms with Crippen molar-refractivity contribution < 1.29 is 9.18 Å². The monoisotopic (exact) mass is 477 g/mol. The van der Waals surface area contributed by atoms with Crippen LogP contribution in [0.5, 0.6) is 0 Å². The molecule has 5 rings (SSSR count). The van der Waals surface area contributed by atoms with Gasteiger partial charge in [0.15, 0.2) is 11.5 Å². The van der Waals surface area contributed by atoms with Crippen LogP contribution in [0.3, 0.4) is 0 Å². The van der Waals surface area contributed by atoms with Gasteiger partial charge in [-0.3, -0.25) is 18.7 Å². The second-order valence-corrected chi connectivity index (χ2v) is 8.91. The highest BCUT2D eigenvalue weighted by Crippen LogP contribution is 2.31. The molecule has 0 fully saturated rings. The zero-order valence-electron chi connectivity index (χ0n) is 18.5. The minimum Gasteiger partial charge on any atom is -0.311 e. The van der Waals surface area contributed by atoms with Crippen molar-refractivity contribution in [2.45, 2.75) is 11.4 Å². The topological polar surface area (TPSA) is 90.1 Å². The molecule has 0 bridgehead atoms. The van der Waals surface area contributed by atoms with Crippen LogP contribution in [0.15, 0.2) is 63.1 Å². The number of thioether (sulfide) groups is 1. The zero-order chi connectivity index (χ0) is 24.0. The van der Waals surface area contributed by atoms with Gasteiger partial charge in [-0.2, -0.15) is 0 Å². The van der Waals surface area contributed by atoms with E-state index in [1.165, 1.54) is 30.8 Å². The second kappa shape index (κ2) is 8.53. The number of carbonyl (C=O) groups excluding carboxylic acids is 1. The highest BCUT2D eigenvalue weighted by Gasteiger charge is 2.25. The number of hydrogen-bond donors (Lipinski definition) is 0. The molecule has 10 heteroatoms. The summed E-state index contributed by atoms with van der Waals surface area (Å²) in [5.74, 6) is -0.606. The SMILES string of the molecule is Cn1c(=O)c2c(SCC(=O)N3CCc4ccccc43)nc(-c3ccccc3F)nc2n(C)c1=O. The smallest absolute Gasteiger partial charge is 0.311 e. The van der Waals surface area contributed by atoms with Crippen molar-refractivity contribution in [1.82, 2.24) is 19.1 Å². The van der Waals surface area contributed by atoms with E-state index in [1.54, 1.807) is 17.0 Å². The molecule has 2 aromatic heterocycles. The Balaban J connectivity index is 1.59. The zero-order valence-corrected chi connectivity index (χ0v) is 19.3. The van der Waals surface area contributed by atoms with Gasteiger partial charge in [0.25, 0.3) is 5.56 Å². The van der Waals surface area contributed by atoms with Gasteiger partial charge < -0.3 is 4.90 Å². The molecule has 3 heterocycles. The van der Waals surface area contributed by atoms with Gasteiger partial charge in [-0.15, -0.1) is 0 Å². The first-order chi connectivity index (χ1) is 16.4. The fourth-order valence-corrected chi connectivity index (χ4v) is 4.99. The van der Waals surface area contributed by atoms with Crippen LogP contribution in [-0.2, 0) is 25.3 Å². The second-order valence-electron chi connectivity index (χ2n) is 7.95. The number of aryl methyl sites for hydroxylation is 1. The van der Waals surface area contributed by atoms with E-state index in [4.69, 9.17) is 0 Å². The lowest BCUT2D eigenvalue weighted by Gasteiger charge is -2.17. The van der Waals surface area contributed by atoms with Crippen LogP contribution in [-0.4, -0.2) is 37.3 Å². The predicted molar refractivity (Wildman–Crippen MR) is 129 cm³/mol. The van der Waals surface area contributed by atoms with Gasteiger partial charge >= 0.3 is 5.69 Å². The third-order valence-corrected chi connectivity index (χ3v) is 6.86. The maximum absolute atomic E-state index is 14.5. The van der Waals surface area contributed by atoms with Crippen molar-refractivity contribution in [2.75, 3.05) is 17.2 Å². The predicted octanol–water partition coefficient (Wildman–Crippen LogP) is 2.51. The molecule has 0 unspecified atom stereocenters. The van der Waals surface area contributed by atoms with Crippen molar-refractivity contribution >= 4 is 34.4 Å². The standard InChI is InChI=1S/C24H20FN5O3S/c1-28-21-19(23(32)29(2)24(28)33)22(27-20(26-21)15-8-4-5-9-16(15)25)34-13-18(31)30-12-11-14-7-3-6-10-17(14)30/h3-10H,11-13H2,1-2H3. The summed E-state index contributed by atoms with van der Waals surface area (Å²) in [5, 5.41) is 0.338. The molecule has 0 saturated carbocycles. The largest absolute Gasteiger partial charge is 0.332 e. The lowest BCUT2D eigenvalue weighted by atomic mass is 10.2. The Labute approximate surface area is 197 Å². The molecule has 4 aromatic rings. The molecule has 1 aliphatic rings. The van der Waals surface area contributed by atoms with Crippen LogP contribution in [0.4, 0.5) is 10.1 Å². The van der Waals surface area contributed by atoms with Gasteiger partial charge in [0.2, 0.25) is 5.91 Å². The number of fused-ring (bicyclic) bond motifs is 2. The Morgan fingerprint density at radius 3 is 2.56 bits per heavy atom. The summed E-state index contributed by atoms with van der Waals surface area (Å²) in [7, 11) is 2.86. The lowest BCUT2D eigenvalue weighted by molar-refractivity contribution is -0.116. The number of carbonyl (C=O) groups is 1. The fourth-order valence-electron chi connectivity index (χ4n) is 4.10. The van der Waals surface area contributed by atoms with Gasteiger partial charge in [-0.05, 0) is 30.2 Å². The van der Waals surface area contributed by atoms with Crippen LogP contribution >= 0.6 is 11.8 Å². The number of anilines is 1. The van der Waals surface area contributed by atoms with Crippen LogP contribution in [0.2, 0.25) is 0 Å². The average Bonchev–Trinajstić information content (AvgIpc) is 3.29. The molecular weight excluding hydrogens is 457 g/mol. The van der Waals surface area contributed by atoms with Crippen molar-refractivity contribution in [3.8, 4) is 11.4 Å². The van der Waals surface area contributed by atoms with E-state index in [-0.39, 0.29) is 39.1 Å². The Morgan fingerprint density at radius 1 is 1.03 bits per heavy atom. The molecule has 0 N–H and O–H groups in total. The minimum atomic E-state index is -0.570. The van der Waals surface area contributed by atoms with E-state index < -0.39 is 17.1 Å². The molecule has 0 radical (unpaired) electrons. The van der Waals surface area contributed by atoms with Crippen molar-refractivity contribution in [1.29, 1.82) is 0 Å². The van der Waals surface area contributed by atoms with E-state index in [1.807, 2.05) is 24.3 Å². The molecule has 1 amide bonds. The minimum absolute atomic E-state index is 0.0170. The summed E-state index contributed by atoms with van der Waals surface area (Å²) < 4.78 is 16.7. The highest BCUT2D eigenvalue weighted by molar-refractivity contribution is 8.00. The third kappa shape index (κ3) is 3.60. The number of amides is 1. The number of para-hydroxylation sites is 1. The number of rotatable bonds is 4. The van der Waals surface area contributed by atoms with Gasteiger partial charge in [0.05, 0.1) is 11.3 Å². The Kier molecular flexibility index (Phi) is 5.52.